The fourth-order valence-electron chi connectivity index (χ4n) is 6.64. The lowest BCUT2D eigenvalue weighted by atomic mass is 9.92. The fraction of sp³-hybridized carbons (Fsp3) is 0. The number of oxazole rings is 1. The van der Waals surface area contributed by atoms with Crippen molar-refractivity contribution in [1.29, 1.82) is 0 Å². The van der Waals surface area contributed by atoms with Gasteiger partial charge >= 0.3 is 0 Å². The molecule has 0 amide bonds. The molecule has 4 heteroatoms. The van der Waals surface area contributed by atoms with Gasteiger partial charge < -0.3 is 9.32 Å². The monoisotopic (exact) mass is 615 g/mol. The lowest BCUT2D eigenvalue weighted by molar-refractivity contribution is 0.623. The molecule has 48 heavy (non-hydrogen) atoms. The van der Waals surface area contributed by atoms with Gasteiger partial charge in [0.15, 0.2) is 5.58 Å². The van der Waals surface area contributed by atoms with E-state index < -0.39 is 0 Å². The second-order valence-electron chi connectivity index (χ2n) is 11.8. The van der Waals surface area contributed by atoms with E-state index in [9.17, 15) is 0 Å². The summed E-state index contributed by atoms with van der Waals surface area (Å²) in [6, 6.07) is 59.1. The Bertz CT molecular complexity index is 2490. The molecule has 0 saturated heterocycles. The van der Waals surface area contributed by atoms with Crippen LogP contribution in [0.4, 0.5) is 17.1 Å². The van der Waals surface area contributed by atoms with Gasteiger partial charge in [0, 0.05) is 39.8 Å². The molecule has 9 rings (SSSR count). The van der Waals surface area contributed by atoms with Crippen molar-refractivity contribution in [3.05, 3.63) is 176 Å². The van der Waals surface area contributed by atoms with Crippen LogP contribution in [0.1, 0.15) is 0 Å². The first-order valence-electron chi connectivity index (χ1n) is 16.1. The predicted octanol–water partition coefficient (Wildman–Crippen LogP) is 12.0. The van der Waals surface area contributed by atoms with E-state index in [0.717, 1.165) is 77.7 Å². The normalized spacial score (nSPS) is 11.3. The molecule has 0 N–H and O–H groups in total. The van der Waals surface area contributed by atoms with Crippen LogP contribution in [-0.2, 0) is 0 Å². The molecule has 0 atom stereocenters. The summed E-state index contributed by atoms with van der Waals surface area (Å²) in [7, 11) is 0. The largest absolute Gasteiger partial charge is 0.435 e. The van der Waals surface area contributed by atoms with Gasteiger partial charge in [-0.05, 0) is 100 Å². The van der Waals surface area contributed by atoms with Crippen LogP contribution in [0.3, 0.4) is 0 Å². The molecule has 2 heterocycles. The summed E-state index contributed by atoms with van der Waals surface area (Å²) >= 11 is 0. The number of fused-ring (bicyclic) bond motifs is 5. The zero-order valence-electron chi connectivity index (χ0n) is 26.0. The molecule has 0 aliphatic rings. The van der Waals surface area contributed by atoms with Gasteiger partial charge in [0.2, 0.25) is 5.89 Å². The minimum absolute atomic E-state index is 0.614. The number of para-hydroxylation sites is 2. The van der Waals surface area contributed by atoms with Crippen LogP contribution >= 0.6 is 0 Å². The zero-order chi connectivity index (χ0) is 31.9. The highest BCUT2D eigenvalue weighted by Gasteiger charge is 2.19. The van der Waals surface area contributed by atoms with Gasteiger partial charge in [0.05, 0.1) is 5.69 Å². The van der Waals surface area contributed by atoms with Crippen molar-refractivity contribution in [3.63, 3.8) is 0 Å². The summed E-state index contributed by atoms with van der Waals surface area (Å²) < 4.78 is 6.68. The third kappa shape index (κ3) is 4.88. The number of hydrogen-bond donors (Lipinski definition) is 0. The van der Waals surface area contributed by atoms with Crippen LogP contribution in [0.25, 0.3) is 66.5 Å². The van der Waals surface area contributed by atoms with Crippen LogP contribution in [0.5, 0.6) is 0 Å². The maximum Gasteiger partial charge on any atom is 0.227 e. The Morgan fingerprint density at radius 1 is 0.479 bits per heavy atom. The van der Waals surface area contributed by atoms with Gasteiger partial charge in [-0.2, -0.15) is 0 Å². The highest BCUT2D eigenvalue weighted by atomic mass is 16.3. The van der Waals surface area contributed by atoms with Gasteiger partial charge in [-0.15, -0.1) is 0 Å². The van der Waals surface area contributed by atoms with Crippen molar-refractivity contribution < 1.29 is 4.42 Å². The van der Waals surface area contributed by atoms with Gasteiger partial charge in [-0.1, -0.05) is 97.1 Å². The molecule has 226 valence electrons. The lowest BCUT2D eigenvalue weighted by Crippen LogP contribution is -2.09. The van der Waals surface area contributed by atoms with E-state index in [-0.39, 0.29) is 0 Å². The van der Waals surface area contributed by atoms with Gasteiger partial charge in [-0.3, -0.25) is 4.98 Å². The third-order valence-electron chi connectivity index (χ3n) is 8.92. The quantitative estimate of drug-likeness (QED) is 0.175. The van der Waals surface area contributed by atoms with Crippen LogP contribution in [0, 0.1) is 0 Å². The number of benzene rings is 7. The van der Waals surface area contributed by atoms with Crippen LogP contribution in [-0.4, -0.2) is 9.97 Å². The number of anilines is 3. The Labute approximate surface area is 278 Å². The number of aromatic nitrogens is 2. The fourth-order valence-corrected chi connectivity index (χ4v) is 6.64. The van der Waals surface area contributed by atoms with E-state index in [0.29, 0.717) is 5.89 Å². The lowest BCUT2D eigenvalue weighted by Gasteiger charge is -2.26. The number of pyridine rings is 1. The maximum absolute atomic E-state index is 6.68. The Hall–Kier alpha value is -6.52. The molecular formula is C44H29N3O. The Balaban J connectivity index is 1.30. The molecule has 2 aromatic heterocycles. The Morgan fingerprint density at radius 3 is 1.83 bits per heavy atom. The summed E-state index contributed by atoms with van der Waals surface area (Å²) in [6.07, 6.45) is 1.83. The minimum atomic E-state index is 0.614. The number of hydrogen-bond acceptors (Lipinski definition) is 4. The summed E-state index contributed by atoms with van der Waals surface area (Å²) in [6.45, 7) is 0. The Morgan fingerprint density at radius 2 is 1.15 bits per heavy atom. The van der Waals surface area contributed by atoms with Crippen molar-refractivity contribution >= 4 is 49.7 Å². The summed E-state index contributed by atoms with van der Waals surface area (Å²) in [5.41, 5.74) is 10.1. The molecule has 0 aliphatic heterocycles. The molecule has 0 fully saturated rings. The average molecular weight is 616 g/mol. The van der Waals surface area contributed by atoms with E-state index in [1.165, 1.54) is 0 Å². The topological polar surface area (TPSA) is 42.2 Å². The average Bonchev–Trinajstić information content (AvgIpc) is 3.61. The molecular weight excluding hydrogens is 587 g/mol. The highest BCUT2D eigenvalue weighted by molar-refractivity contribution is 6.22. The second kappa shape index (κ2) is 11.7. The third-order valence-corrected chi connectivity index (χ3v) is 8.92. The number of rotatable bonds is 6. The second-order valence-corrected chi connectivity index (χ2v) is 11.8. The maximum atomic E-state index is 6.68. The SMILES string of the molecule is c1ccc(-c2nc3ccc4c(-c5ccc(-c6ccccn6)cc5)cc5ccc(N(c6ccccc6)c6ccccc6)cc5c4c3o2)cc1. The predicted molar refractivity (Wildman–Crippen MR) is 198 cm³/mol. The molecule has 4 nitrogen and oxygen atoms in total. The van der Waals surface area contributed by atoms with Gasteiger partial charge in [0.1, 0.15) is 5.52 Å². The minimum Gasteiger partial charge on any atom is -0.435 e. The molecule has 0 spiro atoms. The van der Waals surface area contributed by atoms with Crippen LogP contribution in [0.2, 0.25) is 0 Å². The smallest absolute Gasteiger partial charge is 0.227 e. The van der Waals surface area contributed by atoms with Crippen LogP contribution < -0.4 is 4.90 Å². The first-order valence-corrected chi connectivity index (χ1v) is 16.1. The first-order chi connectivity index (χ1) is 23.8. The molecule has 0 saturated carbocycles. The highest BCUT2D eigenvalue weighted by Crippen LogP contribution is 2.43. The summed E-state index contributed by atoms with van der Waals surface area (Å²) in [5, 5.41) is 4.39. The van der Waals surface area contributed by atoms with E-state index in [2.05, 4.69) is 131 Å². The standard InChI is InChI=1S/C44H29N3O/c1-4-12-32(13-5-1)44-46-41-26-25-37-38(30-19-21-31(22-20-30)40-18-10-11-27-45-40)28-33-23-24-36(29-39(33)42(37)43(41)48-44)47(34-14-6-2-7-15-34)35-16-8-3-9-17-35/h1-29H. The van der Waals surface area contributed by atoms with E-state index >= 15 is 0 Å². The zero-order valence-corrected chi connectivity index (χ0v) is 26.0. The molecule has 9 aromatic rings. The van der Waals surface area contributed by atoms with Crippen LogP contribution in [0.15, 0.2) is 180 Å². The van der Waals surface area contributed by atoms with E-state index in [1.54, 1.807) is 0 Å². The molecule has 0 aliphatic carbocycles. The summed E-state index contributed by atoms with van der Waals surface area (Å²) in [5.74, 6) is 0.614. The molecule has 0 bridgehead atoms. The van der Waals surface area contributed by atoms with Crippen molar-refractivity contribution in [2.75, 3.05) is 4.90 Å². The first kappa shape index (κ1) is 27.8. The summed E-state index contributed by atoms with van der Waals surface area (Å²) in [4.78, 5) is 11.8. The number of nitrogens with zero attached hydrogens (tertiary/aromatic N) is 3. The molecule has 0 unspecified atom stereocenters. The van der Waals surface area contributed by atoms with Crippen molar-refractivity contribution in [2.45, 2.75) is 0 Å². The Kier molecular flexibility index (Phi) is 6.76. The van der Waals surface area contributed by atoms with Gasteiger partial charge in [-0.25, -0.2) is 4.98 Å². The van der Waals surface area contributed by atoms with Crippen molar-refractivity contribution in [2.24, 2.45) is 0 Å². The molecule has 7 aromatic carbocycles. The van der Waals surface area contributed by atoms with Crippen molar-refractivity contribution in [1.82, 2.24) is 9.97 Å². The van der Waals surface area contributed by atoms with E-state index in [4.69, 9.17) is 9.40 Å². The van der Waals surface area contributed by atoms with Gasteiger partial charge in [0.25, 0.3) is 0 Å². The van der Waals surface area contributed by atoms with E-state index in [1.807, 2.05) is 54.7 Å². The molecule has 0 radical (unpaired) electrons. The van der Waals surface area contributed by atoms with Crippen molar-refractivity contribution in [3.8, 4) is 33.8 Å².